The third kappa shape index (κ3) is 6.30. The number of carbonyl (C=O) groups excluding carboxylic acids is 5. The molecule has 2 aliphatic rings. The normalized spacial score (nSPS) is 18.1. The number of ether oxygens (including phenoxy) is 3. The van der Waals surface area contributed by atoms with Gasteiger partial charge in [-0.3, -0.25) is 9.59 Å². The molecule has 0 radical (unpaired) electrons. The zero-order valence-corrected chi connectivity index (χ0v) is 20.7. The van der Waals surface area contributed by atoms with Gasteiger partial charge < -0.3 is 34.6 Å². The second-order valence-electron chi connectivity index (χ2n) is 8.62. The van der Waals surface area contributed by atoms with Gasteiger partial charge in [0.25, 0.3) is 0 Å². The fourth-order valence-corrected chi connectivity index (χ4v) is 4.44. The van der Waals surface area contributed by atoms with Gasteiger partial charge in [-0.1, -0.05) is 0 Å². The maximum Gasteiger partial charge on any atom is 0.339 e. The Bertz CT molecular complexity index is 1010. The Labute approximate surface area is 209 Å². The van der Waals surface area contributed by atoms with Crippen molar-refractivity contribution in [3.05, 3.63) is 29.3 Å². The van der Waals surface area contributed by atoms with E-state index >= 15 is 0 Å². The van der Waals surface area contributed by atoms with Crippen molar-refractivity contribution >= 4 is 35.5 Å². The van der Waals surface area contributed by atoms with E-state index in [1.165, 1.54) is 32.4 Å². The van der Waals surface area contributed by atoms with Crippen molar-refractivity contribution in [2.24, 2.45) is 5.92 Å². The lowest BCUT2D eigenvalue weighted by molar-refractivity contribution is -0.130. The molecule has 0 spiro atoms. The van der Waals surface area contributed by atoms with Gasteiger partial charge in [-0.15, -0.1) is 0 Å². The summed E-state index contributed by atoms with van der Waals surface area (Å²) in [5.41, 5.74) is 0.410. The van der Waals surface area contributed by atoms with Crippen LogP contribution in [0.25, 0.3) is 0 Å². The van der Waals surface area contributed by atoms with Crippen LogP contribution in [-0.2, 0) is 23.8 Å². The first-order valence-electron chi connectivity index (χ1n) is 11.7. The molecule has 12 heteroatoms. The summed E-state index contributed by atoms with van der Waals surface area (Å²) in [6.07, 6.45) is 1.29. The van der Waals surface area contributed by atoms with Crippen molar-refractivity contribution in [1.29, 1.82) is 0 Å². The van der Waals surface area contributed by atoms with Gasteiger partial charge in [0.2, 0.25) is 11.8 Å². The summed E-state index contributed by atoms with van der Waals surface area (Å²) in [5, 5.41) is 5.47. The molecule has 2 saturated heterocycles. The van der Waals surface area contributed by atoms with Crippen molar-refractivity contribution in [2.45, 2.75) is 25.3 Å². The number of piperidine rings is 1. The fourth-order valence-electron chi connectivity index (χ4n) is 4.44. The van der Waals surface area contributed by atoms with Crippen LogP contribution < -0.4 is 10.6 Å². The summed E-state index contributed by atoms with van der Waals surface area (Å²) in [6.45, 7) is 1.93. The smallest absolute Gasteiger partial charge is 0.339 e. The molecular formula is C24H32N4O8. The number of amides is 4. The SMILES string of the molecule is COCCNC(=O)[C@H]1CC(=O)N(C2CCN(C(=O)Nc3cc(C(=O)OC)ccc3C(=O)OC)CC2)C1. The van der Waals surface area contributed by atoms with Crippen molar-refractivity contribution in [3.8, 4) is 0 Å². The van der Waals surface area contributed by atoms with E-state index in [4.69, 9.17) is 14.2 Å². The van der Waals surface area contributed by atoms with Crippen molar-refractivity contribution < 1.29 is 38.2 Å². The molecule has 3 rings (SSSR count). The molecule has 196 valence electrons. The number of nitrogens with zero attached hydrogens (tertiary/aromatic N) is 2. The topological polar surface area (TPSA) is 144 Å². The summed E-state index contributed by atoms with van der Waals surface area (Å²) in [7, 11) is 4.01. The minimum Gasteiger partial charge on any atom is -0.465 e. The third-order valence-corrected chi connectivity index (χ3v) is 6.41. The van der Waals surface area contributed by atoms with E-state index in [0.717, 1.165) is 0 Å². The molecule has 1 aromatic carbocycles. The highest BCUT2D eigenvalue weighted by Crippen LogP contribution is 2.27. The first kappa shape index (κ1) is 26.9. The van der Waals surface area contributed by atoms with E-state index in [9.17, 15) is 24.0 Å². The van der Waals surface area contributed by atoms with Gasteiger partial charge in [-0.25, -0.2) is 14.4 Å². The molecule has 4 amide bonds. The van der Waals surface area contributed by atoms with E-state index in [2.05, 4.69) is 10.6 Å². The molecule has 2 fully saturated rings. The highest BCUT2D eigenvalue weighted by atomic mass is 16.5. The lowest BCUT2D eigenvalue weighted by Crippen LogP contribution is -2.48. The first-order valence-corrected chi connectivity index (χ1v) is 11.7. The minimum atomic E-state index is -0.659. The number of hydrogen-bond donors (Lipinski definition) is 2. The number of urea groups is 1. The van der Waals surface area contributed by atoms with Crippen molar-refractivity contribution in [2.75, 3.05) is 59.4 Å². The maximum atomic E-state index is 12.9. The number of rotatable bonds is 8. The van der Waals surface area contributed by atoms with Gasteiger partial charge in [-0.05, 0) is 31.0 Å². The Kier molecular flexibility index (Phi) is 9.23. The average Bonchev–Trinajstić information content (AvgIpc) is 3.29. The van der Waals surface area contributed by atoms with Gasteiger partial charge >= 0.3 is 18.0 Å². The molecular weight excluding hydrogens is 472 g/mol. The fraction of sp³-hybridized carbons (Fsp3) is 0.542. The van der Waals surface area contributed by atoms with E-state index in [-0.39, 0.29) is 41.1 Å². The number of likely N-dealkylation sites (tertiary alicyclic amines) is 2. The number of carbonyl (C=O) groups is 5. The van der Waals surface area contributed by atoms with Gasteiger partial charge in [-0.2, -0.15) is 0 Å². The molecule has 0 unspecified atom stereocenters. The Morgan fingerprint density at radius 2 is 1.72 bits per heavy atom. The zero-order valence-electron chi connectivity index (χ0n) is 20.7. The van der Waals surface area contributed by atoms with Crippen LogP contribution in [0.15, 0.2) is 18.2 Å². The van der Waals surface area contributed by atoms with Crippen LogP contribution in [0.4, 0.5) is 10.5 Å². The average molecular weight is 505 g/mol. The van der Waals surface area contributed by atoms with Crippen LogP contribution in [0.5, 0.6) is 0 Å². The van der Waals surface area contributed by atoms with Crippen molar-refractivity contribution in [3.63, 3.8) is 0 Å². The standard InChI is InChI=1S/C24H32N4O8/c1-34-11-8-25-21(30)16-13-20(29)28(14-16)17-6-9-27(10-7-17)24(33)26-19-12-15(22(31)35-2)4-5-18(19)23(32)36-3/h4-5,12,16-17H,6-11,13-14H2,1-3H3,(H,25,30)(H,26,33)/t16-/m0/s1. The molecule has 2 aliphatic heterocycles. The lowest BCUT2D eigenvalue weighted by atomic mass is 10.0. The number of methoxy groups -OCH3 is 3. The summed E-state index contributed by atoms with van der Waals surface area (Å²) in [4.78, 5) is 65.2. The largest absolute Gasteiger partial charge is 0.465 e. The Morgan fingerprint density at radius 3 is 2.36 bits per heavy atom. The summed E-state index contributed by atoms with van der Waals surface area (Å²) in [6, 6.07) is 3.66. The van der Waals surface area contributed by atoms with Crippen LogP contribution in [0, 0.1) is 5.92 Å². The van der Waals surface area contributed by atoms with Crippen LogP contribution in [0.2, 0.25) is 0 Å². The van der Waals surface area contributed by atoms with Crippen LogP contribution >= 0.6 is 0 Å². The molecule has 2 N–H and O–H groups in total. The van der Waals surface area contributed by atoms with E-state index in [1.54, 1.807) is 16.9 Å². The molecule has 1 atom stereocenters. The molecule has 0 saturated carbocycles. The number of anilines is 1. The zero-order chi connectivity index (χ0) is 26.2. The highest BCUT2D eigenvalue weighted by molar-refractivity contribution is 6.03. The number of nitrogens with one attached hydrogen (secondary N) is 2. The number of benzene rings is 1. The number of esters is 2. The Hall–Kier alpha value is -3.67. The van der Waals surface area contributed by atoms with Crippen molar-refractivity contribution in [1.82, 2.24) is 15.1 Å². The third-order valence-electron chi connectivity index (χ3n) is 6.41. The maximum absolute atomic E-state index is 12.9. The Morgan fingerprint density at radius 1 is 1.03 bits per heavy atom. The highest BCUT2D eigenvalue weighted by Gasteiger charge is 2.39. The van der Waals surface area contributed by atoms with Crippen LogP contribution in [0.3, 0.4) is 0 Å². The molecule has 36 heavy (non-hydrogen) atoms. The van der Waals surface area contributed by atoms with Gasteiger partial charge in [0.15, 0.2) is 0 Å². The summed E-state index contributed by atoms with van der Waals surface area (Å²) >= 11 is 0. The quantitative estimate of drug-likeness (QED) is 0.392. The minimum absolute atomic E-state index is 0.0628. The molecule has 0 aliphatic carbocycles. The molecule has 0 bridgehead atoms. The van der Waals surface area contributed by atoms with E-state index < -0.39 is 23.9 Å². The monoisotopic (exact) mass is 504 g/mol. The van der Waals surface area contributed by atoms with Gasteiger partial charge in [0.05, 0.1) is 43.6 Å². The molecule has 1 aromatic rings. The van der Waals surface area contributed by atoms with E-state index in [1.807, 2.05) is 0 Å². The Balaban J connectivity index is 1.59. The molecule has 2 heterocycles. The van der Waals surface area contributed by atoms with Crippen LogP contribution in [-0.4, -0.2) is 99.7 Å². The van der Waals surface area contributed by atoms with E-state index in [0.29, 0.717) is 45.6 Å². The number of hydrogen-bond acceptors (Lipinski definition) is 8. The first-order chi connectivity index (χ1) is 17.3. The lowest BCUT2D eigenvalue weighted by Gasteiger charge is -2.36. The van der Waals surface area contributed by atoms with Gasteiger partial charge in [0.1, 0.15) is 0 Å². The molecule has 12 nitrogen and oxygen atoms in total. The van der Waals surface area contributed by atoms with Gasteiger partial charge in [0, 0.05) is 45.8 Å². The van der Waals surface area contributed by atoms with Crippen LogP contribution in [0.1, 0.15) is 40.0 Å². The predicted molar refractivity (Wildman–Crippen MR) is 127 cm³/mol. The second kappa shape index (κ2) is 12.3. The summed E-state index contributed by atoms with van der Waals surface area (Å²) in [5.74, 6) is -1.88. The summed E-state index contributed by atoms with van der Waals surface area (Å²) < 4.78 is 14.4. The molecule has 0 aromatic heterocycles. The second-order valence-corrected chi connectivity index (χ2v) is 8.62. The predicted octanol–water partition coefficient (Wildman–Crippen LogP) is 0.867.